The van der Waals surface area contributed by atoms with Crippen LogP contribution in [0, 0.1) is 0 Å². The molecule has 4 nitrogen and oxygen atoms in total. The molecule has 0 aromatic heterocycles. The van der Waals surface area contributed by atoms with E-state index in [9.17, 15) is 0 Å². The van der Waals surface area contributed by atoms with Gasteiger partial charge < -0.3 is 10.6 Å². The molecular weight excluding hydrogens is 969 g/mol. The molecule has 0 radical (unpaired) electrons. The Hall–Kier alpha value is -10.1. The van der Waals surface area contributed by atoms with Crippen LogP contribution in [0.25, 0.3) is 88.6 Å². The van der Waals surface area contributed by atoms with Gasteiger partial charge in [0.2, 0.25) is 0 Å². The van der Waals surface area contributed by atoms with Crippen molar-refractivity contribution >= 4 is 38.7 Å². The van der Waals surface area contributed by atoms with Crippen molar-refractivity contribution in [3.8, 4) is 55.6 Å². The predicted molar refractivity (Wildman–Crippen MR) is 335 cm³/mol. The van der Waals surface area contributed by atoms with Crippen LogP contribution >= 0.6 is 0 Å². The summed E-state index contributed by atoms with van der Waals surface area (Å²) in [6.45, 7) is 0. The smallest absolute Gasteiger partial charge is 0.145 e. The molecule has 0 bridgehead atoms. The largest absolute Gasteiger partial charge is 0.366 e. The van der Waals surface area contributed by atoms with Crippen molar-refractivity contribution in [2.24, 2.45) is 4.99 Å². The number of allylic oxidation sites excluding steroid dienone is 1. The van der Waals surface area contributed by atoms with Crippen LogP contribution in [0.2, 0.25) is 0 Å². The topological polar surface area (TPSA) is 48.5 Å². The summed E-state index contributed by atoms with van der Waals surface area (Å²) in [5.41, 5.74) is 22.0. The summed E-state index contributed by atoms with van der Waals surface area (Å²) in [6.07, 6.45) is 4.23. The monoisotopic (exact) mass is 1020 g/mol. The second-order valence-electron chi connectivity index (χ2n) is 20.7. The Balaban J connectivity index is 0.754. The lowest BCUT2D eigenvalue weighted by atomic mass is 9.87. The van der Waals surface area contributed by atoms with Gasteiger partial charge >= 0.3 is 0 Å². The lowest BCUT2D eigenvalue weighted by Gasteiger charge is -2.33. The van der Waals surface area contributed by atoms with Gasteiger partial charge in [0.15, 0.2) is 0 Å². The summed E-state index contributed by atoms with van der Waals surface area (Å²) in [7, 11) is 0. The van der Waals surface area contributed by atoms with Crippen molar-refractivity contribution < 1.29 is 0 Å². The first-order chi connectivity index (χ1) is 39.6. The molecule has 0 saturated heterocycles. The average molecular weight is 1030 g/mol. The van der Waals surface area contributed by atoms with E-state index in [1.165, 1.54) is 82.7 Å². The molecule has 12 aromatic rings. The fourth-order valence-corrected chi connectivity index (χ4v) is 11.7. The minimum Gasteiger partial charge on any atom is -0.366 e. The standard InChI is InChI=1S/C76H56N4/c1-5-17-51(18-6-1)53-29-37-57(38-30-53)71-49-73(79-75(77-71)61-21-9-3-10-22-61)59-41-33-55(34-42-59)63-45-47-69(67-27-15-13-25-65(63)67)70-48-46-64(66-26-14-16-28-68(66)70)56-35-43-60(44-36-56)74-50-72(78-76(80-74)62-23-11-4-12-24-62)58-39-31-54(32-40-58)52-19-7-2-8-20-52/h1-50,71,75-79H. The maximum atomic E-state index is 5.29. The number of rotatable bonds is 11. The summed E-state index contributed by atoms with van der Waals surface area (Å²) in [6, 6.07) is 105. The fourth-order valence-electron chi connectivity index (χ4n) is 11.7. The third-order valence-corrected chi connectivity index (χ3v) is 15.9. The van der Waals surface area contributed by atoms with Gasteiger partial charge in [-0.25, -0.2) is 0 Å². The van der Waals surface area contributed by atoms with E-state index in [2.05, 4.69) is 319 Å². The number of benzene rings is 12. The Kier molecular flexibility index (Phi) is 12.9. The number of hydrogen-bond donors (Lipinski definition) is 3. The fraction of sp³-hybridized carbons (Fsp3) is 0.0395. The summed E-state index contributed by atoms with van der Waals surface area (Å²) in [5, 5.41) is 16.3. The highest BCUT2D eigenvalue weighted by molar-refractivity contribution is 6.14. The maximum Gasteiger partial charge on any atom is 0.145 e. The maximum absolute atomic E-state index is 5.29. The normalized spacial score (nSPS) is 16.0. The van der Waals surface area contributed by atoms with Crippen LogP contribution in [0.15, 0.2) is 308 Å². The molecular formula is C76H56N4. The Morgan fingerprint density at radius 2 is 0.637 bits per heavy atom. The third-order valence-electron chi connectivity index (χ3n) is 15.9. The van der Waals surface area contributed by atoms with Gasteiger partial charge in [0.25, 0.3) is 0 Å². The second kappa shape index (κ2) is 21.4. The van der Waals surface area contributed by atoms with Gasteiger partial charge in [-0.3, -0.25) is 10.3 Å². The molecule has 3 atom stereocenters. The highest BCUT2D eigenvalue weighted by atomic mass is 15.2. The quantitative estimate of drug-likeness (QED) is 0.121. The van der Waals surface area contributed by atoms with Crippen molar-refractivity contribution in [2.45, 2.75) is 18.4 Å². The zero-order valence-electron chi connectivity index (χ0n) is 44.0. The number of fused-ring (bicyclic) bond motifs is 2. The van der Waals surface area contributed by atoms with Gasteiger partial charge in [0.05, 0.1) is 11.8 Å². The molecule has 12 aromatic carbocycles. The first kappa shape index (κ1) is 48.3. The highest BCUT2D eigenvalue weighted by Gasteiger charge is 2.25. The van der Waals surface area contributed by atoms with Crippen LogP contribution in [0.5, 0.6) is 0 Å². The van der Waals surface area contributed by atoms with Gasteiger partial charge in [-0.1, -0.05) is 291 Å². The molecule has 3 unspecified atom stereocenters. The third kappa shape index (κ3) is 9.59. The lowest BCUT2D eigenvalue weighted by Crippen LogP contribution is -2.39. The Morgan fingerprint density at radius 3 is 1.15 bits per heavy atom. The van der Waals surface area contributed by atoms with Gasteiger partial charge in [0.1, 0.15) is 12.3 Å². The molecule has 14 rings (SSSR count). The first-order valence-corrected chi connectivity index (χ1v) is 27.6. The molecule has 0 aliphatic carbocycles. The Bertz CT molecular complexity index is 4260. The lowest BCUT2D eigenvalue weighted by molar-refractivity contribution is 0.442. The van der Waals surface area contributed by atoms with Crippen molar-refractivity contribution in [1.82, 2.24) is 16.0 Å². The van der Waals surface area contributed by atoms with E-state index in [0.717, 1.165) is 44.9 Å². The zero-order valence-corrected chi connectivity index (χ0v) is 44.0. The van der Waals surface area contributed by atoms with Crippen molar-refractivity contribution in [2.75, 3.05) is 0 Å². The minimum absolute atomic E-state index is 0.0131. The van der Waals surface area contributed by atoms with Crippen molar-refractivity contribution in [1.29, 1.82) is 0 Å². The van der Waals surface area contributed by atoms with Crippen LogP contribution in [0.4, 0.5) is 0 Å². The van der Waals surface area contributed by atoms with E-state index in [1.807, 2.05) is 0 Å². The molecule has 2 aliphatic rings. The van der Waals surface area contributed by atoms with Crippen LogP contribution < -0.4 is 16.0 Å². The zero-order chi connectivity index (χ0) is 53.2. The number of nitrogens with one attached hydrogen (secondary N) is 3. The average Bonchev–Trinajstić information content (AvgIpc) is 3.58. The van der Waals surface area contributed by atoms with Crippen LogP contribution in [-0.2, 0) is 0 Å². The molecule has 3 N–H and O–H groups in total. The molecule has 4 heteroatoms. The highest BCUT2D eigenvalue weighted by Crippen LogP contribution is 2.42. The summed E-state index contributed by atoms with van der Waals surface area (Å²) in [5.74, 6) is 0. The molecule has 380 valence electrons. The van der Waals surface area contributed by atoms with Gasteiger partial charge in [-0.05, 0) is 123 Å². The Labute approximate surface area is 467 Å². The summed E-state index contributed by atoms with van der Waals surface area (Å²) in [4.78, 5) is 5.29. The summed E-state index contributed by atoms with van der Waals surface area (Å²) >= 11 is 0. The number of nitrogens with zero attached hydrogens (tertiary/aromatic N) is 1. The molecule has 0 amide bonds. The van der Waals surface area contributed by atoms with E-state index in [4.69, 9.17) is 4.99 Å². The van der Waals surface area contributed by atoms with E-state index in [1.54, 1.807) is 0 Å². The molecule has 2 heterocycles. The van der Waals surface area contributed by atoms with E-state index >= 15 is 0 Å². The van der Waals surface area contributed by atoms with Gasteiger partial charge in [0, 0.05) is 11.4 Å². The van der Waals surface area contributed by atoms with E-state index < -0.39 is 0 Å². The van der Waals surface area contributed by atoms with Crippen LogP contribution in [-0.4, -0.2) is 5.71 Å². The number of aliphatic imine (C=N–C) groups is 1. The van der Waals surface area contributed by atoms with Gasteiger partial charge in [-0.2, -0.15) is 0 Å². The minimum atomic E-state index is -0.222. The SMILES string of the molecule is C1=C(c2ccc(-c3ccccc3)cc2)NC(c2ccccc2)N=C1c1ccc(-c2ccc(-c3ccc(-c4ccc(C5=CC(c6ccc(-c7ccccc7)cc6)NC(c6ccccc6)N5)cc4)c4ccccc34)c3ccccc23)cc1. The van der Waals surface area contributed by atoms with E-state index in [0.29, 0.717) is 0 Å². The van der Waals surface area contributed by atoms with Crippen LogP contribution in [0.3, 0.4) is 0 Å². The van der Waals surface area contributed by atoms with Crippen LogP contribution in [0.1, 0.15) is 51.8 Å². The Morgan fingerprint density at radius 1 is 0.263 bits per heavy atom. The molecule has 80 heavy (non-hydrogen) atoms. The van der Waals surface area contributed by atoms with Crippen molar-refractivity contribution in [3.05, 3.63) is 337 Å². The molecule has 2 aliphatic heterocycles. The first-order valence-electron chi connectivity index (χ1n) is 27.6. The molecule has 0 spiro atoms. The van der Waals surface area contributed by atoms with E-state index in [-0.39, 0.29) is 18.4 Å². The molecule has 0 fully saturated rings. The predicted octanol–water partition coefficient (Wildman–Crippen LogP) is 18.4. The van der Waals surface area contributed by atoms with Crippen molar-refractivity contribution in [3.63, 3.8) is 0 Å². The molecule has 0 saturated carbocycles. The second-order valence-corrected chi connectivity index (χ2v) is 20.7. The number of hydrogen-bond acceptors (Lipinski definition) is 4. The van der Waals surface area contributed by atoms with Gasteiger partial charge in [-0.15, -0.1) is 0 Å². The summed E-state index contributed by atoms with van der Waals surface area (Å²) < 4.78 is 0.